The monoisotopic (exact) mass is 654 g/mol. The third-order valence-corrected chi connectivity index (χ3v) is 11.3. The molecule has 6 aromatic carbocycles. The van der Waals surface area contributed by atoms with Gasteiger partial charge in [-0.2, -0.15) is 0 Å². The van der Waals surface area contributed by atoms with Crippen LogP contribution in [0.5, 0.6) is 0 Å². The largest absolute Gasteiger partial charge is 0.456 e. The van der Waals surface area contributed by atoms with E-state index < -0.39 is 0 Å². The summed E-state index contributed by atoms with van der Waals surface area (Å²) in [6, 6.07) is 48.8. The Morgan fingerprint density at radius 3 is 1.65 bits per heavy atom. The van der Waals surface area contributed by atoms with Crippen molar-refractivity contribution in [3.63, 3.8) is 0 Å². The summed E-state index contributed by atoms with van der Waals surface area (Å²) in [4.78, 5) is 4.91. The summed E-state index contributed by atoms with van der Waals surface area (Å²) in [7, 11) is 0. The molecule has 3 nitrogen and oxygen atoms in total. The molecule has 0 spiro atoms. The number of benzene rings is 6. The molecule has 3 heterocycles. The first-order valence-corrected chi connectivity index (χ1v) is 18.0. The highest BCUT2D eigenvalue weighted by Gasteiger charge is 2.37. The Hall–Kier alpha value is -6.32. The first-order valence-electron chi connectivity index (χ1n) is 18.0. The number of hydrogen-bond donors (Lipinski definition) is 0. The number of nitrogens with zero attached hydrogens (tertiary/aromatic N) is 2. The zero-order valence-electron chi connectivity index (χ0n) is 28.0. The molecule has 2 aliphatic carbocycles. The summed E-state index contributed by atoms with van der Waals surface area (Å²) in [6.45, 7) is 0. The number of fused-ring (bicyclic) bond motifs is 9. The van der Waals surface area contributed by atoms with Gasteiger partial charge >= 0.3 is 0 Å². The number of anilines is 4. The topological polar surface area (TPSA) is 19.6 Å². The Morgan fingerprint density at radius 1 is 0.451 bits per heavy atom. The maximum Gasteiger partial charge on any atom is 0.136 e. The normalized spacial score (nSPS) is 18.4. The standard InChI is InChI=1S/C48H34N2O/c1-2-10-35(11-3-1)49-43-15-7-4-12-37(43)41-28-32(21-26-45(41)49)33-22-27-46-42(29-33)38-13-5-8-16-44(38)50(46)36-23-18-31(19-24-36)34-20-25-40-39-14-6-9-17-47(39)51-48(40)30-34/h1-11,14-30,37-38H,12-13H2. The lowest BCUT2D eigenvalue weighted by atomic mass is 9.88. The molecule has 1 aromatic heterocycles. The molecule has 242 valence electrons. The molecular weight excluding hydrogens is 621 g/mol. The minimum atomic E-state index is 0.334. The van der Waals surface area contributed by atoms with Gasteiger partial charge in [0.1, 0.15) is 11.2 Å². The summed E-state index contributed by atoms with van der Waals surface area (Å²) < 4.78 is 6.20. The third-order valence-electron chi connectivity index (χ3n) is 11.3. The van der Waals surface area contributed by atoms with E-state index >= 15 is 0 Å². The Bertz CT molecular complexity index is 2650. The fourth-order valence-electron chi connectivity index (χ4n) is 8.84. The second-order valence-electron chi connectivity index (χ2n) is 14.0. The molecule has 0 bridgehead atoms. The highest BCUT2D eigenvalue weighted by molar-refractivity contribution is 6.05. The summed E-state index contributed by atoms with van der Waals surface area (Å²) in [5.41, 5.74) is 17.2. The van der Waals surface area contributed by atoms with E-state index in [1.54, 1.807) is 0 Å². The van der Waals surface area contributed by atoms with E-state index in [1.165, 1.54) is 62.0 Å². The molecule has 0 fully saturated rings. The van der Waals surface area contributed by atoms with Gasteiger partial charge in [-0.25, -0.2) is 0 Å². The molecular formula is C48H34N2O. The maximum absolute atomic E-state index is 6.20. The predicted octanol–water partition coefficient (Wildman–Crippen LogP) is 13.1. The zero-order chi connectivity index (χ0) is 33.5. The summed E-state index contributed by atoms with van der Waals surface area (Å²) in [5, 5.41) is 2.32. The van der Waals surface area contributed by atoms with Gasteiger partial charge in [0.15, 0.2) is 0 Å². The van der Waals surface area contributed by atoms with Crippen molar-refractivity contribution in [2.24, 2.45) is 0 Å². The van der Waals surface area contributed by atoms with E-state index in [-0.39, 0.29) is 0 Å². The zero-order valence-corrected chi connectivity index (χ0v) is 28.0. The molecule has 0 saturated heterocycles. The molecule has 11 rings (SSSR count). The number of allylic oxidation sites excluding steroid dienone is 8. The fourth-order valence-corrected chi connectivity index (χ4v) is 8.84. The minimum absolute atomic E-state index is 0.334. The van der Waals surface area contributed by atoms with Crippen molar-refractivity contribution in [2.45, 2.75) is 24.7 Å². The summed E-state index contributed by atoms with van der Waals surface area (Å²) in [5.74, 6) is 0.706. The third kappa shape index (κ3) is 4.38. The molecule has 3 heteroatoms. The van der Waals surface area contributed by atoms with E-state index in [0.29, 0.717) is 11.8 Å². The van der Waals surface area contributed by atoms with E-state index in [1.807, 2.05) is 12.1 Å². The molecule has 4 aliphatic rings. The van der Waals surface area contributed by atoms with Gasteiger partial charge in [0, 0.05) is 56.8 Å². The molecule has 0 saturated carbocycles. The molecule has 7 aromatic rings. The fraction of sp³-hybridized carbons (Fsp3) is 0.0833. The molecule has 0 radical (unpaired) electrons. The van der Waals surface area contributed by atoms with Crippen molar-refractivity contribution in [3.05, 3.63) is 192 Å². The molecule has 2 unspecified atom stereocenters. The van der Waals surface area contributed by atoms with Gasteiger partial charge in [0.05, 0.1) is 0 Å². The smallest absolute Gasteiger partial charge is 0.136 e. The van der Waals surface area contributed by atoms with Gasteiger partial charge in [-0.15, -0.1) is 0 Å². The lowest BCUT2D eigenvalue weighted by Crippen LogP contribution is -2.14. The van der Waals surface area contributed by atoms with Crippen LogP contribution in [-0.4, -0.2) is 0 Å². The van der Waals surface area contributed by atoms with Crippen LogP contribution in [0.1, 0.15) is 35.8 Å². The quantitative estimate of drug-likeness (QED) is 0.188. The van der Waals surface area contributed by atoms with E-state index in [0.717, 1.165) is 40.3 Å². The van der Waals surface area contributed by atoms with Crippen LogP contribution in [0.3, 0.4) is 0 Å². The average molecular weight is 655 g/mol. The predicted molar refractivity (Wildman–Crippen MR) is 211 cm³/mol. The Kier molecular flexibility index (Phi) is 6.20. The van der Waals surface area contributed by atoms with Crippen molar-refractivity contribution in [3.8, 4) is 22.3 Å². The Labute approximate surface area is 297 Å². The van der Waals surface area contributed by atoms with E-state index in [9.17, 15) is 0 Å². The van der Waals surface area contributed by atoms with E-state index in [4.69, 9.17) is 4.42 Å². The maximum atomic E-state index is 6.20. The highest BCUT2D eigenvalue weighted by atomic mass is 16.3. The van der Waals surface area contributed by atoms with Crippen LogP contribution in [0.4, 0.5) is 22.7 Å². The van der Waals surface area contributed by atoms with Gasteiger partial charge in [-0.3, -0.25) is 0 Å². The highest BCUT2D eigenvalue weighted by Crippen LogP contribution is 2.54. The van der Waals surface area contributed by atoms with Gasteiger partial charge in [0.25, 0.3) is 0 Å². The van der Waals surface area contributed by atoms with Crippen LogP contribution < -0.4 is 9.80 Å². The number of furan rings is 1. The average Bonchev–Trinajstić information content (AvgIpc) is 3.85. The van der Waals surface area contributed by atoms with Crippen LogP contribution in [-0.2, 0) is 0 Å². The van der Waals surface area contributed by atoms with Crippen LogP contribution in [0.25, 0.3) is 44.2 Å². The lowest BCUT2D eigenvalue weighted by molar-refractivity contribution is 0.669. The van der Waals surface area contributed by atoms with Crippen molar-refractivity contribution in [1.82, 2.24) is 0 Å². The SMILES string of the molecule is C1=CCC2C(=C1)N(c1ccccc1)c1ccc(-c3ccc4c(c3)C3CC=CC=C3N4c3ccc(-c4ccc5c(c4)oc4ccccc45)cc3)cc12. The Balaban J connectivity index is 0.943. The number of para-hydroxylation sites is 2. The van der Waals surface area contributed by atoms with Gasteiger partial charge in [-0.1, -0.05) is 91.0 Å². The summed E-state index contributed by atoms with van der Waals surface area (Å²) in [6.07, 6.45) is 15.7. The Morgan fingerprint density at radius 2 is 0.980 bits per heavy atom. The van der Waals surface area contributed by atoms with E-state index in [2.05, 4.69) is 168 Å². The second kappa shape index (κ2) is 11.1. The number of hydrogen-bond acceptors (Lipinski definition) is 3. The molecule has 2 atom stereocenters. The van der Waals surface area contributed by atoms with Crippen LogP contribution in [0.15, 0.2) is 186 Å². The lowest BCUT2D eigenvalue weighted by Gasteiger charge is -2.24. The summed E-state index contributed by atoms with van der Waals surface area (Å²) >= 11 is 0. The molecule has 0 amide bonds. The van der Waals surface area contributed by atoms with Gasteiger partial charge < -0.3 is 14.2 Å². The van der Waals surface area contributed by atoms with Crippen molar-refractivity contribution in [2.75, 3.05) is 9.80 Å². The molecule has 0 N–H and O–H groups in total. The minimum Gasteiger partial charge on any atom is -0.456 e. The van der Waals surface area contributed by atoms with Gasteiger partial charge in [0.2, 0.25) is 0 Å². The molecule has 51 heavy (non-hydrogen) atoms. The van der Waals surface area contributed by atoms with Crippen molar-refractivity contribution < 1.29 is 4.42 Å². The first-order chi connectivity index (χ1) is 25.3. The molecule has 2 aliphatic heterocycles. The van der Waals surface area contributed by atoms with Crippen molar-refractivity contribution in [1.29, 1.82) is 0 Å². The van der Waals surface area contributed by atoms with Crippen LogP contribution in [0.2, 0.25) is 0 Å². The van der Waals surface area contributed by atoms with Crippen molar-refractivity contribution >= 4 is 44.7 Å². The van der Waals surface area contributed by atoms with Crippen LogP contribution in [0, 0.1) is 0 Å². The van der Waals surface area contributed by atoms with Gasteiger partial charge in [-0.05, 0) is 125 Å². The van der Waals surface area contributed by atoms with Crippen LogP contribution >= 0.6 is 0 Å². The first kappa shape index (κ1) is 28.5. The number of rotatable bonds is 4. The second-order valence-corrected chi connectivity index (χ2v) is 14.0.